The SMILES string of the molecule is CC1CCC(NC(=O)c2cc([N+](=O)[O-])cc(Cl)c2N)C1C. The number of carbonyl (C=O) groups is 1. The Labute approximate surface area is 127 Å². The number of carbonyl (C=O) groups excluding carboxylic acids is 1. The van der Waals surface area contributed by atoms with Crippen molar-refractivity contribution in [2.24, 2.45) is 11.8 Å². The summed E-state index contributed by atoms with van der Waals surface area (Å²) in [5, 5.41) is 13.8. The van der Waals surface area contributed by atoms with Crippen LogP contribution in [0.25, 0.3) is 0 Å². The van der Waals surface area contributed by atoms with E-state index in [9.17, 15) is 14.9 Å². The molecule has 0 heterocycles. The molecule has 0 saturated heterocycles. The van der Waals surface area contributed by atoms with Crippen LogP contribution < -0.4 is 11.1 Å². The molecule has 1 aliphatic rings. The summed E-state index contributed by atoms with van der Waals surface area (Å²) >= 11 is 5.87. The number of nitrogen functional groups attached to an aromatic ring is 1. The summed E-state index contributed by atoms with van der Waals surface area (Å²) in [5.74, 6) is 0.495. The third-order valence-corrected chi connectivity index (χ3v) is 4.66. The van der Waals surface area contributed by atoms with Crippen LogP contribution in [0.2, 0.25) is 5.02 Å². The Kier molecular flexibility index (Phi) is 4.37. The van der Waals surface area contributed by atoms with Crippen LogP contribution in [0.1, 0.15) is 37.0 Å². The first-order valence-electron chi connectivity index (χ1n) is 6.85. The van der Waals surface area contributed by atoms with Gasteiger partial charge in [0.1, 0.15) is 0 Å². The van der Waals surface area contributed by atoms with Gasteiger partial charge in [0, 0.05) is 18.2 Å². The van der Waals surface area contributed by atoms with E-state index in [1.54, 1.807) is 0 Å². The Bertz CT molecular complexity index is 591. The third kappa shape index (κ3) is 3.10. The lowest BCUT2D eigenvalue weighted by Crippen LogP contribution is -2.37. The number of anilines is 1. The molecule has 0 bridgehead atoms. The number of benzene rings is 1. The molecule has 6 nitrogen and oxygen atoms in total. The van der Waals surface area contributed by atoms with Crippen molar-refractivity contribution in [2.75, 3.05) is 5.73 Å². The van der Waals surface area contributed by atoms with E-state index in [4.69, 9.17) is 17.3 Å². The van der Waals surface area contributed by atoms with Crippen LogP contribution in [-0.2, 0) is 0 Å². The minimum atomic E-state index is -0.595. The summed E-state index contributed by atoms with van der Waals surface area (Å²) in [6.07, 6.45) is 1.95. The highest BCUT2D eigenvalue weighted by Gasteiger charge is 2.31. The first-order chi connectivity index (χ1) is 9.81. The number of hydrogen-bond acceptors (Lipinski definition) is 4. The fraction of sp³-hybridized carbons (Fsp3) is 0.500. The molecule has 1 fully saturated rings. The standard InChI is InChI=1S/C14H18ClN3O3/c1-7-3-4-12(8(7)2)17-14(19)10-5-9(18(20)21)6-11(15)13(10)16/h5-8,12H,3-4,16H2,1-2H3,(H,17,19). The normalized spacial score (nSPS) is 24.8. The van der Waals surface area contributed by atoms with Gasteiger partial charge in [0.05, 0.1) is 21.2 Å². The number of nitrogens with one attached hydrogen (secondary N) is 1. The smallest absolute Gasteiger partial charge is 0.271 e. The molecule has 21 heavy (non-hydrogen) atoms. The van der Waals surface area contributed by atoms with Crippen LogP contribution in [0.15, 0.2) is 12.1 Å². The molecule has 1 aliphatic carbocycles. The lowest BCUT2D eigenvalue weighted by atomic mass is 9.97. The molecule has 1 saturated carbocycles. The average molecular weight is 312 g/mol. The van der Waals surface area contributed by atoms with E-state index in [1.165, 1.54) is 6.07 Å². The molecule has 1 aromatic carbocycles. The Morgan fingerprint density at radius 2 is 2.10 bits per heavy atom. The van der Waals surface area contributed by atoms with Gasteiger partial charge in [-0.3, -0.25) is 14.9 Å². The average Bonchev–Trinajstić information content (AvgIpc) is 2.73. The van der Waals surface area contributed by atoms with E-state index in [2.05, 4.69) is 19.2 Å². The second kappa shape index (κ2) is 5.89. The van der Waals surface area contributed by atoms with Crippen molar-refractivity contribution in [1.29, 1.82) is 0 Å². The zero-order valence-electron chi connectivity index (χ0n) is 11.9. The molecule has 3 atom stereocenters. The molecule has 0 spiro atoms. The molecule has 2 rings (SSSR count). The summed E-state index contributed by atoms with van der Waals surface area (Å²) in [6.45, 7) is 4.24. The lowest BCUT2D eigenvalue weighted by Gasteiger charge is -2.20. The predicted molar refractivity (Wildman–Crippen MR) is 81.3 cm³/mol. The highest BCUT2D eigenvalue weighted by Crippen LogP contribution is 2.32. The maximum atomic E-state index is 12.3. The van der Waals surface area contributed by atoms with Crippen LogP contribution >= 0.6 is 11.6 Å². The minimum Gasteiger partial charge on any atom is -0.397 e. The molecule has 3 N–H and O–H groups in total. The maximum absolute atomic E-state index is 12.3. The number of rotatable bonds is 3. The molecular weight excluding hydrogens is 294 g/mol. The number of halogens is 1. The summed E-state index contributed by atoms with van der Waals surface area (Å²) in [5.41, 5.74) is 5.65. The van der Waals surface area contributed by atoms with E-state index in [0.29, 0.717) is 11.8 Å². The van der Waals surface area contributed by atoms with Gasteiger partial charge in [-0.1, -0.05) is 25.4 Å². The van der Waals surface area contributed by atoms with Crippen LogP contribution in [0.5, 0.6) is 0 Å². The predicted octanol–water partition coefficient (Wildman–Crippen LogP) is 2.99. The van der Waals surface area contributed by atoms with Crippen molar-refractivity contribution in [2.45, 2.75) is 32.7 Å². The van der Waals surface area contributed by atoms with Crippen molar-refractivity contribution in [3.63, 3.8) is 0 Å². The summed E-state index contributed by atoms with van der Waals surface area (Å²) in [6, 6.07) is 2.37. The number of hydrogen-bond donors (Lipinski definition) is 2. The number of non-ortho nitro benzene ring substituents is 1. The zero-order chi connectivity index (χ0) is 15.7. The number of nitrogens with two attached hydrogens (primary N) is 1. The summed E-state index contributed by atoms with van der Waals surface area (Å²) in [7, 11) is 0. The highest BCUT2D eigenvalue weighted by molar-refractivity contribution is 6.34. The van der Waals surface area contributed by atoms with Crippen molar-refractivity contribution in [1.82, 2.24) is 5.32 Å². The first-order valence-corrected chi connectivity index (χ1v) is 7.23. The van der Waals surface area contributed by atoms with Crippen LogP contribution in [0.3, 0.4) is 0 Å². The van der Waals surface area contributed by atoms with Gasteiger partial charge in [-0.25, -0.2) is 0 Å². The van der Waals surface area contributed by atoms with Gasteiger partial charge in [0.15, 0.2) is 0 Å². The van der Waals surface area contributed by atoms with Gasteiger partial charge >= 0.3 is 0 Å². The number of amides is 1. The van der Waals surface area contributed by atoms with Crippen molar-refractivity contribution < 1.29 is 9.72 Å². The van der Waals surface area contributed by atoms with Gasteiger partial charge in [0.2, 0.25) is 0 Å². The largest absolute Gasteiger partial charge is 0.397 e. The van der Waals surface area contributed by atoms with E-state index < -0.39 is 10.8 Å². The van der Waals surface area contributed by atoms with E-state index in [1.807, 2.05) is 0 Å². The zero-order valence-corrected chi connectivity index (χ0v) is 12.7. The van der Waals surface area contributed by atoms with E-state index in [-0.39, 0.29) is 28.0 Å². The number of nitrogens with zero attached hydrogens (tertiary/aromatic N) is 1. The molecule has 7 heteroatoms. The van der Waals surface area contributed by atoms with Crippen molar-refractivity contribution >= 4 is 28.9 Å². The van der Waals surface area contributed by atoms with Gasteiger partial charge < -0.3 is 11.1 Å². The van der Waals surface area contributed by atoms with E-state index >= 15 is 0 Å². The van der Waals surface area contributed by atoms with Gasteiger partial charge in [0.25, 0.3) is 11.6 Å². The molecule has 0 aromatic heterocycles. The fourth-order valence-corrected chi connectivity index (χ4v) is 2.92. The molecule has 0 aliphatic heterocycles. The second-order valence-corrected chi connectivity index (χ2v) is 6.05. The molecule has 114 valence electrons. The molecule has 1 amide bonds. The van der Waals surface area contributed by atoms with Crippen LogP contribution in [0, 0.1) is 22.0 Å². The van der Waals surface area contributed by atoms with Gasteiger partial charge in [-0.15, -0.1) is 0 Å². The Balaban J connectivity index is 2.25. The van der Waals surface area contributed by atoms with Gasteiger partial charge in [-0.05, 0) is 24.7 Å². The lowest BCUT2D eigenvalue weighted by molar-refractivity contribution is -0.384. The Hall–Kier alpha value is -1.82. The second-order valence-electron chi connectivity index (χ2n) is 5.64. The Morgan fingerprint density at radius 3 is 2.62 bits per heavy atom. The fourth-order valence-electron chi connectivity index (χ4n) is 2.71. The quantitative estimate of drug-likeness (QED) is 0.509. The van der Waals surface area contributed by atoms with Gasteiger partial charge in [-0.2, -0.15) is 0 Å². The topological polar surface area (TPSA) is 98.3 Å². The molecule has 0 radical (unpaired) electrons. The third-order valence-electron chi connectivity index (χ3n) is 4.35. The highest BCUT2D eigenvalue weighted by atomic mass is 35.5. The minimum absolute atomic E-state index is 0.0159. The van der Waals surface area contributed by atoms with Crippen molar-refractivity contribution in [3.8, 4) is 0 Å². The summed E-state index contributed by atoms with van der Waals surface area (Å²) < 4.78 is 0. The van der Waals surface area contributed by atoms with E-state index in [0.717, 1.165) is 18.9 Å². The van der Waals surface area contributed by atoms with Crippen molar-refractivity contribution in [3.05, 3.63) is 32.8 Å². The molecule has 3 unspecified atom stereocenters. The van der Waals surface area contributed by atoms with Crippen LogP contribution in [0.4, 0.5) is 11.4 Å². The maximum Gasteiger partial charge on any atom is 0.271 e. The molecular formula is C14H18ClN3O3. The Morgan fingerprint density at radius 1 is 1.43 bits per heavy atom. The number of nitro groups is 1. The van der Waals surface area contributed by atoms with Crippen LogP contribution in [-0.4, -0.2) is 16.9 Å². The monoisotopic (exact) mass is 311 g/mol. The molecule has 1 aromatic rings. The number of nitro benzene ring substituents is 1. The first kappa shape index (κ1) is 15.6. The summed E-state index contributed by atoms with van der Waals surface area (Å²) in [4.78, 5) is 22.6.